The first kappa shape index (κ1) is 15.3. The first-order valence-electron chi connectivity index (χ1n) is 8.54. The summed E-state index contributed by atoms with van der Waals surface area (Å²) in [7, 11) is 0. The number of benzene rings is 1. The van der Waals surface area contributed by atoms with Crippen molar-refractivity contribution in [3.63, 3.8) is 0 Å². The molecular formula is C18H24F2N2O. The second-order valence-corrected chi connectivity index (χ2v) is 7.74. The molecule has 0 radical (unpaired) electrons. The fourth-order valence-electron chi connectivity index (χ4n) is 4.77. The van der Waals surface area contributed by atoms with Gasteiger partial charge < -0.3 is 15.0 Å². The van der Waals surface area contributed by atoms with Crippen LogP contribution in [-0.4, -0.2) is 37.9 Å². The molecule has 3 aliphatic rings. The molecule has 4 atom stereocenters. The maximum atomic E-state index is 13.9. The fraction of sp³-hybridized carbons (Fsp3) is 0.667. The van der Waals surface area contributed by atoms with Crippen molar-refractivity contribution in [2.24, 2.45) is 11.3 Å². The largest absolute Gasteiger partial charge is 0.377 e. The summed E-state index contributed by atoms with van der Waals surface area (Å²) in [5, 5.41) is 3.79. The molecule has 1 aromatic carbocycles. The Bertz CT molecular complexity index is 607. The van der Waals surface area contributed by atoms with Gasteiger partial charge in [0, 0.05) is 49.2 Å². The number of rotatable bonds is 3. The zero-order chi connectivity index (χ0) is 16.2. The molecule has 0 unspecified atom stereocenters. The van der Waals surface area contributed by atoms with Gasteiger partial charge in [0.25, 0.3) is 0 Å². The van der Waals surface area contributed by atoms with Crippen molar-refractivity contribution < 1.29 is 13.5 Å². The SMILES string of the molecule is CC1(C)[C@H](N[C@@H]2CCN(c3ccc(F)cc3F)C2)[C@@H]2CCO[C@H]21. The number of fused-ring (bicyclic) bond motifs is 1. The number of hydrogen-bond donors (Lipinski definition) is 1. The topological polar surface area (TPSA) is 24.5 Å². The van der Waals surface area contributed by atoms with Gasteiger partial charge >= 0.3 is 0 Å². The number of halogens is 2. The Morgan fingerprint density at radius 3 is 2.87 bits per heavy atom. The molecule has 2 aliphatic heterocycles. The van der Waals surface area contributed by atoms with E-state index in [1.165, 1.54) is 6.07 Å². The summed E-state index contributed by atoms with van der Waals surface area (Å²) < 4.78 is 32.9. The number of hydrogen-bond acceptors (Lipinski definition) is 3. The van der Waals surface area contributed by atoms with Crippen LogP contribution in [0.1, 0.15) is 26.7 Å². The molecule has 4 rings (SSSR count). The maximum absolute atomic E-state index is 13.9. The normalized spacial score (nSPS) is 35.2. The standard InChI is InChI=1S/C18H24F2N2O/c1-18(2)16(13-6-8-23-17(13)18)21-12-5-7-22(10-12)15-4-3-11(19)9-14(15)20/h3-4,9,12-13,16-17,21H,5-8,10H2,1-2H3/t12-,13+,16-,17-/m1/s1. The Hall–Kier alpha value is -1.20. The highest BCUT2D eigenvalue weighted by molar-refractivity contribution is 5.49. The van der Waals surface area contributed by atoms with Crippen LogP contribution >= 0.6 is 0 Å². The molecule has 2 saturated heterocycles. The molecule has 1 aliphatic carbocycles. The van der Waals surface area contributed by atoms with Crippen LogP contribution in [0.15, 0.2) is 18.2 Å². The predicted molar refractivity (Wildman–Crippen MR) is 85.5 cm³/mol. The van der Waals surface area contributed by atoms with Crippen molar-refractivity contribution in [3.05, 3.63) is 29.8 Å². The van der Waals surface area contributed by atoms with Crippen molar-refractivity contribution in [2.45, 2.75) is 44.9 Å². The molecule has 0 spiro atoms. The predicted octanol–water partition coefficient (Wildman–Crippen LogP) is 2.95. The van der Waals surface area contributed by atoms with Crippen molar-refractivity contribution in [1.29, 1.82) is 0 Å². The van der Waals surface area contributed by atoms with E-state index in [1.807, 2.05) is 4.90 Å². The summed E-state index contributed by atoms with van der Waals surface area (Å²) >= 11 is 0. The summed E-state index contributed by atoms with van der Waals surface area (Å²) in [6.45, 7) is 6.98. The Labute approximate surface area is 136 Å². The zero-order valence-electron chi connectivity index (χ0n) is 13.7. The van der Waals surface area contributed by atoms with Gasteiger partial charge in [-0.05, 0) is 25.0 Å². The van der Waals surface area contributed by atoms with Crippen LogP contribution in [0.5, 0.6) is 0 Å². The Balaban J connectivity index is 1.41. The lowest BCUT2D eigenvalue weighted by atomic mass is 9.57. The van der Waals surface area contributed by atoms with E-state index in [0.717, 1.165) is 38.6 Å². The summed E-state index contributed by atoms with van der Waals surface area (Å²) in [4.78, 5) is 2.01. The number of ether oxygens (including phenoxy) is 1. The third-order valence-electron chi connectivity index (χ3n) is 5.95. The van der Waals surface area contributed by atoms with Gasteiger partial charge in [0.15, 0.2) is 0 Å². The summed E-state index contributed by atoms with van der Waals surface area (Å²) in [5.41, 5.74) is 0.668. The molecule has 2 heterocycles. The molecule has 23 heavy (non-hydrogen) atoms. The summed E-state index contributed by atoms with van der Waals surface area (Å²) in [6.07, 6.45) is 2.50. The first-order chi connectivity index (χ1) is 11.0. The van der Waals surface area contributed by atoms with Gasteiger partial charge in [-0.2, -0.15) is 0 Å². The molecule has 3 nitrogen and oxygen atoms in total. The van der Waals surface area contributed by atoms with Crippen molar-refractivity contribution >= 4 is 5.69 Å². The van der Waals surface area contributed by atoms with E-state index in [-0.39, 0.29) is 5.41 Å². The third-order valence-corrected chi connectivity index (χ3v) is 5.95. The highest BCUT2D eigenvalue weighted by atomic mass is 19.1. The average Bonchev–Trinajstić information content (AvgIpc) is 3.12. The molecule has 0 amide bonds. The number of nitrogens with zero attached hydrogens (tertiary/aromatic N) is 1. The van der Waals surface area contributed by atoms with Crippen LogP contribution < -0.4 is 10.2 Å². The maximum Gasteiger partial charge on any atom is 0.149 e. The monoisotopic (exact) mass is 322 g/mol. The number of anilines is 1. The first-order valence-corrected chi connectivity index (χ1v) is 8.54. The highest BCUT2D eigenvalue weighted by Crippen LogP contribution is 2.52. The highest BCUT2D eigenvalue weighted by Gasteiger charge is 2.59. The molecule has 3 fully saturated rings. The van der Waals surface area contributed by atoms with E-state index in [9.17, 15) is 8.78 Å². The average molecular weight is 322 g/mol. The Kier molecular flexibility index (Phi) is 3.61. The second-order valence-electron chi connectivity index (χ2n) is 7.74. The molecular weight excluding hydrogens is 298 g/mol. The Morgan fingerprint density at radius 2 is 2.09 bits per heavy atom. The minimum absolute atomic E-state index is 0.162. The smallest absolute Gasteiger partial charge is 0.149 e. The van der Waals surface area contributed by atoms with Crippen LogP contribution in [0.25, 0.3) is 0 Å². The van der Waals surface area contributed by atoms with Crippen LogP contribution in [0.2, 0.25) is 0 Å². The quantitative estimate of drug-likeness (QED) is 0.926. The van der Waals surface area contributed by atoms with Gasteiger partial charge in [-0.15, -0.1) is 0 Å². The fourth-order valence-corrected chi connectivity index (χ4v) is 4.77. The van der Waals surface area contributed by atoms with E-state index in [2.05, 4.69) is 19.2 Å². The van der Waals surface area contributed by atoms with Crippen molar-refractivity contribution in [2.75, 3.05) is 24.6 Å². The van der Waals surface area contributed by atoms with E-state index >= 15 is 0 Å². The van der Waals surface area contributed by atoms with Gasteiger partial charge in [-0.1, -0.05) is 13.8 Å². The van der Waals surface area contributed by atoms with E-state index in [1.54, 1.807) is 6.07 Å². The lowest BCUT2D eigenvalue weighted by Gasteiger charge is -2.55. The van der Waals surface area contributed by atoms with Gasteiger partial charge in [0.1, 0.15) is 11.6 Å². The van der Waals surface area contributed by atoms with Gasteiger partial charge in [-0.25, -0.2) is 8.78 Å². The van der Waals surface area contributed by atoms with Crippen molar-refractivity contribution in [3.8, 4) is 0 Å². The van der Waals surface area contributed by atoms with E-state index in [4.69, 9.17) is 4.74 Å². The summed E-state index contributed by atoms with van der Waals surface area (Å²) in [5.74, 6) is -0.385. The van der Waals surface area contributed by atoms with Crippen LogP contribution in [0.3, 0.4) is 0 Å². The molecule has 126 valence electrons. The minimum Gasteiger partial charge on any atom is -0.377 e. The lowest BCUT2D eigenvalue weighted by Crippen LogP contribution is -2.67. The Morgan fingerprint density at radius 1 is 1.26 bits per heavy atom. The van der Waals surface area contributed by atoms with Crippen LogP contribution in [0, 0.1) is 23.0 Å². The van der Waals surface area contributed by atoms with Crippen LogP contribution in [-0.2, 0) is 4.74 Å². The second kappa shape index (κ2) is 5.42. The molecule has 0 aromatic heterocycles. The minimum atomic E-state index is -0.524. The molecule has 1 saturated carbocycles. The molecule has 1 N–H and O–H groups in total. The van der Waals surface area contributed by atoms with E-state index < -0.39 is 11.6 Å². The molecule has 5 heteroatoms. The van der Waals surface area contributed by atoms with Gasteiger partial charge in [0.2, 0.25) is 0 Å². The molecule has 0 bridgehead atoms. The zero-order valence-corrected chi connectivity index (χ0v) is 13.7. The summed E-state index contributed by atoms with van der Waals surface area (Å²) in [6, 6.07) is 4.66. The van der Waals surface area contributed by atoms with Gasteiger partial charge in [-0.3, -0.25) is 0 Å². The number of nitrogens with one attached hydrogen (secondary N) is 1. The van der Waals surface area contributed by atoms with Crippen LogP contribution in [0.4, 0.5) is 14.5 Å². The third kappa shape index (κ3) is 2.45. The van der Waals surface area contributed by atoms with E-state index in [0.29, 0.717) is 29.8 Å². The lowest BCUT2D eigenvalue weighted by molar-refractivity contribution is -0.114. The van der Waals surface area contributed by atoms with Crippen molar-refractivity contribution in [1.82, 2.24) is 5.32 Å². The molecule has 1 aromatic rings. The van der Waals surface area contributed by atoms with Gasteiger partial charge in [0.05, 0.1) is 11.8 Å².